The summed E-state index contributed by atoms with van der Waals surface area (Å²) in [6.07, 6.45) is 0.725. The van der Waals surface area contributed by atoms with Gasteiger partial charge in [-0.15, -0.1) is 0 Å². The van der Waals surface area contributed by atoms with E-state index in [2.05, 4.69) is 10.4 Å². The van der Waals surface area contributed by atoms with Crippen LogP contribution in [0.2, 0.25) is 0 Å². The van der Waals surface area contributed by atoms with Gasteiger partial charge in [0.05, 0.1) is 11.3 Å². The number of rotatable bonds is 4. The molecule has 0 aliphatic heterocycles. The molecule has 0 spiro atoms. The topological polar surface area (TPSA) is 67.2 Å². The molecule has 0 saturated carbocycles. The number of hydrogen-bond donors (Lipinski definition) is 2. The van der Waals surface area contributed by atoms with Crippen molar-refractivity contribution in [3.8, 4) is 5.75 Å². The lowest BCUT2D eigenvalue weighted by atomic mass is 10.0. The fourth-order valence-corrected chi connectivity index (χ4v) is 2.56. The maximum atomic E-state index is 12.2. The van der Waals surface area contributed by atoms with E-state index in [0.717, 1.165) is 34.5 Å². The quantitative estimate of drug-likeness (QED) is 0.911. The average molecular weight is 301 g/mol. The average Bonchev–Trinajstić information content (AvgIpc) is 2.71. The number of phenols is 1. The van der Waals surface area contributed by atoms with E-state index in [-0.39, 0.29) is 11.7 Å². The van der Waals surface area contributed by atoms with Gasteiger partial charge in [-0.2, -0.15) is 5.10 Å². The first-order valence-electron chi connectivity index (χ1n) is 7.39. The van der Waals surface area contributed by atoms with Gasteiger partial charge in [0.2, 0.25) is 0 Å². The second-order valence-electron chi connectivity index (χ2n) is 5.68. The van der Waals surface area contributed by atoms with E-state index in [0.29, 0.717) is 12.1 Å². The predicted octanol–water partition coefficient (Wildman–Crippen LogP) is 2.33. The van der Waals surface area contributed by atoms with E-state index in [4.69, 9.17) is 0 Å². The minimum atomic E-state index is -0.250. The SMILES string of the molecule is Cc1ccc(C(=O)NCCc2c(C)nn(C)c2C)c(O)c1C. The first-order valence-corrected chi connectivity index (χ1v) is 7.39. The molecule has 0 aliphatic carbocycles. The minimum Gasteiger partial charge on any atom is -0.507 e. The summed E-state index contributed by atoms with van der Waals surface area (Å²) in [6.45, 7) is 8.22. The molecule has 1 aromatic carbocycles. The fraction of sp³-hybridized carbons (Fsp3) is 0.412. The molecule has 5 nitrogen and oxygen atoms in total. The van der Waals surface area contributed by atoms with Gasteiger partial charge in [0.15, 0.2) is 0 Å². The number of nitrogens with one attached hydrogen (secondary N) is 1. The van der Waals surface area contributed by atoms with Crippen LogP contribution in [-0.4, -0.2) is 27.3 Å². The monoisotopic (exact) mass is 301 g/mol. The Labute approximate surface area is 131 Å². The van der Waals surface area contributed by atoms with Crippen LogP contribution in [0.3, 0.4) is 0 Å². The number of aromatic hydroxyl groups is 1. The Morgan fingerprint density at radius 2 is 1.95 bits per heavy atom. The molecule has 1 amide bonds. The van der Waals surface area contributed by atoms with Crippen LogP contribution in [-0.2, 0) is 13.5 Å². The molecule has 5 heteroatoms. The van der Waals surface area contributed by atoms with Crippen molar-refractivity contribution < 1.29 is 9.90 Å². The second kappa shape index (κ2) is 6.22. The fourth-order valence-electron chi connectivity index (χ4n) is 2.56. The normalized spacial score (nSPS) is 10.8. The molecule has 1 heterocycles. The Balaban J connectivity index is 2.03. The summed E-state index contributed by atoms with van der Waals surface area (Å²) < 4.78 is 1.85. The number of nitrogens with zero attached hydrogens (tertiary/aromatic N) is 2. The predicted molar refractivity (Wildman–Crippen MR) is 86.3 cm³/mol. The van der Waals surface area contributed by atoms with Crippen LogP contribution < -0.4 is 5.32 Å². The number of aryl methyl sites for hydroxylation is 3. The maximum Gasteiger partial charge on any atom is 0.255 e. The largest absolute Gasteiger partial charge is 0.507 e. The molecule has 0 atom stereocenters. The molecule has 0 unspecified atom stereocenters. The molecule has 0 fully saturated rings. The van der Waals surface area contributed by atoms with Crippen molar-refractivity contribution in [2.75, 3.05) is 6.54 Å². The molecule has 0 saturated heterocycles. The summed E-state index contributed by atoms with van der Waals surface area (Å²) in [5.41, 5.74) is 5.29. The number of aromatic nitrogens is 2. The Kier molecular flexibility index (Phi) is 4.54. The Bertz CT molecular complexity index is 717. The lowest BCUT2D eigenvalue weighted by Gasteiger charge is -2.10. The summed E-state index contributed by atoms with van der Waals surface area (Å²) in [7, 11) is 1.91. The molecule has 0 bridgehead atoms. The standard InChI is InChI=1S/C17H23N3O2/c1-10-6-7-15(16(21)11(10)2)17(22)18-9-8-14-12(3)19-20(5)13(14)4/h6-7,21H,8-9H2,1-5H3,(H,18,22). The molecule has 2 rings (SSSR count). The minimum absolute atomic E-state index is 0.0613. The van der Waals surface area contributed by atoms with Crippen LogP contribution in [0.1, 0.15) is 38.4 Å². The molecule has 2 aromatic rings. The van der Waals surface area contributed by atoms with Crippen molar-refractivity contribution in [3.63, 3.8) is 0 Å². The van der Waals surface area contributed by atoms with Crippen molar-refractivity contribution in [1.82, 2.24) is 15.1 Å². The lowest BCUT2D eigenvalue weighted by molar-refractivity contribution is 0.0951. The number of hydrogen-bond acceptors (Lipinski definition) is 3. The zero-order valence-corrected chi connectivity index (χ0v) is 13.8. The van der Waals surface area contributed by atoms with Crippen LogP contribution in [0.4, 0.5) is 0 Å². The highest BCUT2D eigenvalue weighted by molar-refractivity contribution is 5.97. The van der Waals surface area contributed by atoms with E-state index in [1.165, 1.54) is 0 Å². The first kappa shape index (κ1) is 16.1. The maximum absolute atomic E-state index is 12.2. The van der Waals surface area contributed by atoms with Gasteiger partial charge < -0.3 is 10.4 Å². The van der Waals surface area contributed by atoms with E-state index in [1.807, 2.05) is 45.5 Å². The van der Waals surface area contributed by atoms with Crippen LogP contribution in [0, 0.1) is 27.7 Å². The van der Waals surface area contributed by atoms with Gasteiger partial charge in [0.1, 0.15) is 5.75 Å². The van der Waals surface area contributed by atoms with Crippen molar-refractivity contribution in [2.45, 2.75) is 34.1 Å². The number of carbonyl (C=O) groups excluding carboxylic acids is 1. The summed E-state index contributed by atoms with van der Waals surface area (Å²) in [5.74, 6) is -0.189. The van der Waals surface area contributed by atoms with Gasteiger partial charge in [-0.3, -0.25) is 9.48 Å². The zero-order chi connectivity index (χ0) is 16.4. The third-order valence-electron chi connectivity index (χ3n) is 4.27. The molecule has 22 heavy (non-hydrogen) atoms. The molecule has 2 N–H and O–H groups in total. The van der Waals surface area contributed by atoms with Gasteiger partial charge in [-0.25, -0.2) is 0 Å². The van der Waals surface area contributed by atoms with E-state index >= 15 is 0 Å². The third kappa shape index (κ3) is 2.98. The smallest absolute Gasteiger partial charge is 0.255 e. The van der Waals surface area contributed by atoms with Crippen LogP contribution in [0.15, 0.2) is 12.1 Å². The van der Waals surface area contributed by atoms with Gasteiger partial charge in [-0.05, 0) is 56.9 Å². The van der Waals surface area contributed by atoms with E-state index in [1.54, 1.807) is 6.07 Å². The van der Waals surface area contributed by atoms with Gasteiger partial charge >= 0.3 is 0 Å². The van der Waals surface area contributed by atoms with Crippen molar-refractivity contribution in [3.05, 3.63) is 45.8 Å². The molecule has 118 valence electrons. The van der Waals surface area contributed by atoms with Crippen LogP contribution in [0.25, 0.3) is 0 Å². The summed E-state index contributed by atoms with van der Waals surface area (Å²) in [5, 5.41) is 17.3. The van der Waals surface area contributed by atoms with Crippen molar-refractivity contribution in [1.29, 1.82) is 0 Å². The summed E-state index contributed by atoms with van der Waals surface area (Å²) in [4.78, 5) is 12.2. The first-order chi connectivity index (χ1) is 10.3. The summed E-state index contributed by atoms with van der Waals surface area (Å²) >= 11 is 0. The number of amides is 1. The van der Waals surface area contributed by atoms with Gasteiger partial charge in [0, 0.05) is 19.3 Å². The summed E-state index contributed by atoms with van der Waals surface area (Å²) in [6, 6.07) is 3.51. The second-order valence-corrected chi connectivity index (χ2v) is 5.68. The third-order valence-corrected chi connectivity index (χ3v) is 4.27. The molecule has 1 aromatic heterocycles. The lowest BCUT2D eigenvalue weighted by Crippen LogP contribution is -2.26. The van der Waals surface area contributed by atoms with Gasteiger partial charge in [-0.1, -0.05) is 6.07 Å². The van der Waals surface area contributed by atoms with E-state index < -0.39 is 0 Å². The molecule has 0 radical (unpaired) electrons. The zero-order valence-electron chi connectivity index (χ0n) is 13.8. The van der Waals surface area contributed by atoms with Crippen molar-refractivity contribution >= 4 is 5.91 Å². The number of benzene rings is 1. The highest BCUT2D eigenvalue weighted by Crippen LogP contribution is 2.24. The van der Waals surface area contributed by atoms with Crippen LogP contribution in [0.5, 0.6) is 5.75 Å². The van der Waals surface area contributed by atoms with Crippen molar-refractivity contribution in [2.24, 2.45) is 7.05 Å². The molecular weight excluding hydrogens is 278 g/mol. The van der Waals surface area contributed by atoms with Crippen LogP contribution >= 0.6 is 0 Å². The number of carbonyl (C=O) groups is 1. The Hall–Kier alpha value is -2.30. The van der Waals surface area contributed by atoms with E-state index in [9.17, 15) is 9.90 Å². The Morgan fingerprint density at radius 1 is 1.27 bits per heavy atom. The highest BCUT2D eigenvalue weighted by Gasteiger charge is 2.14. The highest BCUT2D eigenvalue weighted by atomic mass is 16.3. The van der Waals surface area contributed by atoms with Gasteiger partial charge in [0.25, 0.3) is 5.91 Å². The Morgan fingerprint density at radius 3 is 2.55 bits per heavy atom. The molecule has 0 aliphatic rings. The molecular formula is C17H23N3O2. The number of phenolic OH excluding ortho intramolecular Hbond substituents is 1.